The van der Waals surface area contributed by atoms with Gasteiger partial charge in [0.25, 0.3) is 0 Å². The molecule has 0 aliphatic rings. The SMILES string of the molecule is [B]c1cccc(-n2cccn2)c1. The molecule has 2 nitrogen and oxygen atoms in total. The molecule has 0 N–H and O–H groups in total. The summed E-state index contributed by atoms with van der Waals surface area (Å²) < 4.78 is 1.77. The highest BCUT2D eigenvalue weighted by Gasteiger charge is 1.93. The molecule has 2 rings (SSSR count). The molecule has 2 radical (unpaired) electrons. The highest BCUT2D eigenvalue weighted by Crippen LogP contribution is 2.01. The van der Waals surface area contributed by atoms with Crippen molar-refractivity contribution in [2.24, 2.45) is 0 Å². The summed E-state index contributed by atoms with van der Waals surface area (Å²) in [4.78, 5) is 0. The Kier molecular flexibility index (Phi) is 1.70. The van der Waals surface area contributed by atoms with E-state index in [1.807, 2.05) is 36.5 Å². The summed E-state index contributed by atoms with van der Waals surface area (Å²) in [5.41, 5.74) is 1.74. The average Bonchev–Trinajstić information content (AvgIpc) is 2.56. The van der Waals surface area contributed by atoms with Crippen molar-refractivity contribution >= 4 is 13.3 Å². The Balaban J connectivity index is 2.48. The average molecular weight is 154 g/mol. The Bertz CT molecular complexity index is 368. The predicted octanol–water partition coefficient (Wildman–Crippen LogP) is 0.666. The van der Waals surface area contributed by atoms with Gasteiger partial charge in [0.15, 0.2) is 0 Å². The Labute approximate surface area is 72.2 Å². The van der Waals surface area contributed by atoms with E-state index in [4.69, 9.17) is 7.85 Å². The number of rotatable bonds is 1. The lowest BCUT2D eigenvalue weighted by Crippen LogP contribution is -2.04. The molecule has 0 amide bonds. The van der Waals surface area contributed by atoms with Crippen LogP contribution in [0.15, 0.2) is 42.7 Å². The normalized spacial score (nSPS) is 10.0. The maximum Gasteiger partial charge on any atom is 0.113 e. The number of aromatic nitrogens is 2. The third-order valence-electron chi connectivity index (χ3n) is 1.64. The highest BCUT2D eigenvalue weighted by atomic mass is 15.3. The minimum Gasteiger partial charge on any atom is -0.241 e. The lowest BCUT2D eigenvalue weighted by Gasteiger charge is -2.01. The minimum atomic E-state index is 0.753. The summed E-state index contributed by atoms with van der Waals surface area (Å²) in [5, 5.41) is 4.09. The molecule has 0 saturated heterocycles. The summed E-state index contributed by atoms with van der Waals surface area (Å²) in [6.45, 7) is 0. The molecule has 0 saturated carbocycles. The van der Waals surface area contributed by atoms with Gasteiger partial charge in [0.2, 0.25) is 0 Å². The Morgan fingerprint density at radius 3 is 2.83 bits per heavy atom. The second-order valence-electron chi connectivity index (χ2n) is 2.55. The molecule has 3 heteroatoms. The Morgan fingerprint density at radius 2 is 2.17 bits per heavy atom. The van der Waals surface area contributed by atoms with Gasteiger partial charge < -0.3 is 0 Å². The van der Waals surface area contributed by atoms with Crippen LogP contribution in [0.2, 0.25) is 0 Å². The fourth-order valence-electron chi connectivity index (χ4n) is 1.09. The smallest absolute Gasteiger partial charge is 0.113 e. The molecule has 0 fully saturated rings. The summed E-state index contributed by atoms with van der Waals surface area (Å²) in [5.74, 6) is 0. The zero-order valence-corrected chi connectivity index (χ0v) is 6.51. The molecule has 0 atom stereocenters. The number of nitrogens with zero attached hydrogens (tertiary/aromatic N) is 2. The van der Waals surface area contributed by atoms with Crippen LogP contribution in [0.5, 0.6) is 0 Å². The fraction of sp³-hybridized carbons (Fsp3) is 0. The molecule has 0 unspecified atom stereocenters. The van der Waals surface area contributed by atoms with Crippen LogP contribution in [0.25, 0.3) is 5.69 Å². The van der Waals surface area contributed by atoms with Crippen LogP contribution < -0.4 is 5.46 Å². The molecule has 0 bridgehead atoms. The lowest BCUT2D eigenvalue weighted by atomic mass is 9.96. The summed E-state index contributed by atoms with van der Waals surface area (Å²) in [7, 11) is 5.62. The second-order valence-corrected chi connectivity index (χ2v) is 2.55. The van der Waals surface area contributed by atoms with E-state index in [-0.39, 0.29) is 0 Å². The quantitative estimate of drug-likeness (QED) is 0.552. The van der Waals surface area contributed by atoms with Gasteiger partial charge >= 0.3 is 0 Å². The van der Waals surface area contributed by atoms with Gasteiger partial charge in [0, 0.05) is 12.4 Å². The summed E-state index contributed by atoms with van der Waals surface area (Å²) in [6.07, 6.45) is 3.62. The van der Waals surface area contributed by atoms with E-state index in [9.17, 15) is 0 Å². The van der Waals surface area contributed by atoms with Gasteiger partial charge in [0.1, 0.15) is 7.85 Å². The molecule has 0 aliphatic heterocycles. The zero-order chi connectivity index (χ0) is 8.39. The van der Waals surface area contributed by atoms with Crippen molar-refractivity contribution in [3.63, 3.8) is 0 Å². The van der Waals surface area contributed by atoms with E-state index in [0.717, 1.165) is 11.2 Å². The fourth-order valence-corrected chi connectivity index (χ4v) is 1.09. The molecular formula is C9H7BN2. The number of benzene rings is 1. The van der Waals surface area contributed by atoms with Crippen LogP contribution in [-0.2, 0) is 0 Å². The van der Waals surface area contributed by atoms with E-state index in [1.165, 1.54) is 0 Å². The van der Waals surface area contributed by atoms with Gasteiger partial charge in [-0.15, -0.1) is 0 Å². The number of hydrogen-bond donors (Lipinski definition) is 0. The molecule has 56 valence electrons. The number of hydrogen-bond acceptors (Lipinski definition) is 1. The second kappa shape index (κ2) is 2.85. The van der Waals surface area contributed by atoms with Crippen molar-refractivity contribution in [2.45, 2.75) is 0 Å². The lowest BCUT2D eigenvalue weighted by molar-refractivity contribution is 0.881. The van der Waals surface area contributed by atoms with Crippen LogP contribution in [0.1, 0.15) is 0 Å². The van der Waals surface area contributed by atoms with Crippen LogP contribution in [0.4, 0.5) is 0 Å². The topological polar surface area (TPSA) is 17.8 Å². The van der Waals surface area contributed by atoms with E-state index in [1.54, 1.807) is 10.9 Å². The molecule has 12 heavy (non-hydrogen) atoms. The van der Waals surface area contributed by atoms with Crippen molar-refractivity contribution in [3.8, 4) is 5.69 Å². The zero-order valence-electron chi connectivity index (χ0n) is 6.51. The first kappa shape index (κ1) is 7.16. The van der Waals surface area contributed by atoms with Gasteiger partial charge in [-0.3, -0.25) is 0 Å². The van der Waals surface area contributed by atoms with Crippen molar-refractivity contribution < 1.29 is 0 Å². The predicted molar refractivity (Wildman–Crippen MR) is 49.0 cm³/mol. The molecular weight excluding hydrogens is 147 g/mol. The van der Waals surface area contributed by atoms with E-state index >= 15 is 0 Å². The Hall–Kier alpha value is -1.51. The molecule has 0 spiro atoms. The van der Waals surface area contributed by atoms with Gasteiger partial charge in [-0.05, 0) is 18.2 Å². The van der Waals surface area contributed by atoms with Crippen LogP contribution in [0.3, 0.4) is 0 Å². The Morgan fingerprint density at radius 1 is 1.25 bits per heavy atom. The summed E-state index contributed by atoms with van der Waals surface area (Å²) >= 11 is 0. The minimum absolute atomic E-state index is 0.753. The maximum atomic E-state index is 5.62. The highest BCUT2D eigenvalue weighted by molar-refractivity contribution is 6.32. The van der Waals surface area contributed by atoms with E-state index < -0.39 is 0 Å². The maximum absolute atomic E-state index is 5.62. The third kappa shape index (κ3) is 1.26. The molecule has 2 aromatic rings. The first-order valence-corrected chi connectivity index (χ1v) is 3.72. The van der Waals surface area contributed by atoms with Gasteiger partial charge in [-0.2, -0.15) is 5.10 Å². The van der Waals surface area contributed by atoms with Crippen molar-refractivity contribution in [1.29, 1.82) is 0 Å². The van der Waals surface area contributed by atoms with E-state index in [0.29, 0.717) is 0 Å². The van der Waals surface area contributed by atoms with Crippen LogP contribution >= 0.6 is 0 Å². The largest absolute Gasteiger partial charge is 0.241 e. The van der Waals surface area contributed by atoms with E-state index in [2.05, 4.69) is 5.10 Å². The van der Waals surface area contributed by atoms with Crippen molar-refractivity contribution in [2.75, 3.05) is 0 Å². The van der Waals surface area contributed by atoms with Crippen molar-refractivity contribution in [3.05, 3.63) is 42.7 Å². The monoisotopic (exact) mass is 154 g/mol. The van der Waals surface area contributed by atoms with Gasteiger partial charge in [0.05, 0.1) is 5.69 Å². The summed E-state index contributed by atoms with van der Waals surface area (Å²) in [6, 6.07) is 9.49. The van der Waals surface area contributed by atoms with Gasteiger partial charge in [-0.25, -0.2) is 4.68 Å². The van der Waals surface area contributed by atoms with Crippen LogP contribution in [0, 0.1) is 0 Å². The first-order chi connectivity index (χ1) is 5.86. The molecule has 1 heterocycles. The van der Waals surface area contributed by atoms with Crippen molar-refractivity contribution in [1.82, 2.24) is 9.78 Å². The molecule has 1 aromatic carbocycles. The third-order valence-corrected chi connectivity index (χ3v) is 1.64. The van der Waals surface area contributed by atoms with Crippen LogP contribution in [-0.4, -0.2) is 17.6 Å². The molecule has 0 aliphatic carbocycles. The standard InChI is InChI=1S/C9H7BN2/c10-8-3-1-4-9(7-8)12-6-2-5-11-12/h1-7H. The molecule has 1 aromatic heterocycles. The first-order valence-electron chi connectivity index (χ1n) is 3.72. The van der Waals surface area contributed by atoms with Gasteiger partial charge in [-0.1, -0.05) is 17.6 Å².